The Balaban J connectivity index is 1.92. The van der Waals surface area contributed by atoms with Crippen LogP contribution in [-0.4, -0.2) is 40.7 Å². The number of pyridine rings is 1. The van der Waals surface area contributed by atoms with Gasteiger partial charge in [-0.3, -0.25) is 15.1 Å². The van der Waals surface area contributed by atoms with Crippen LogP contribution in [0.1, 0.15) is 38.1 Å². The van der Waals surface area contributed by atoms with Gasteiger partial charge in [-0.15, -0.1) is 0 Å². The summed E-state index contributed by atoms with van der Waals surface area (Å²) in [5.74, 6) is -0.314. The van der Waals surface area contributed by atoms with E-state index >= 15 is 0 Å². The minimum absolute atomic E-state index is 0.156. The predicted molar refractivity (Wildman–Crippen MR) is 111 cm³/mol. The zero-order valence-corrected chi connectivity index (χ0v) is 17.7. The summed E-state index contributed by atoms with van der Waals surface area (Å²) in [5, 5.41) is 3.14. The maximum atomic E-state index is 13.1. The number of hydrogen-bond donors (Lipinski definition) is 1. The molecule has 0 saturated heterocycles. The molecule has 2 heterocycles. The van der Waals surface area contributed by atoms with Crippen LogP contribution in [0.25, 0.3) is 10.2 Å². The van der Waals surface area contributed by atoms with E-state index in [0.717, 1.165) is 0 Å². The number of sulfonamides is 1. The smallest absolute Gasteiger partial charge is 0.259 e. The highest BCUT2D eigenvalue weighted by atomic mass is 32.2. The third kappa shape index (κ3) is 4.06. The van der Waals surface area contributed by atoms with Gasteiger partial charge < -0.3 is 0 Å². The molecule has 3 rings (SSSR count). The summed E-state index contributed by atoms with van der Waals surface area (Å²) < 4.78 is 28.3. The number of nitrogens with one attached hydrogen (secondary N) is 1. The topological polar surface area (TPSA) is 92.3 Å². The van der Waals surface area contributed by atoms with Crippen molar-refractivity contribution in [3.05, 3.63) is 48.3 Å². The van der Waals surface area contributed by atoms with Crippen LogP contribution in [0.3, 0.4) is 0 Å². The van der Waals surface area contributed by atoms with E-state index in [1.165, 1.54) is 21.8 Å². The monoisotopic (exact) mass is 418 g/mol. The average Bonchev–Trinajstić information content (AvgIpc) is 3.02. The Morgan fingerprint density at radius 3 is 2.46 bits per heavy atom. The van der Waals surface area contributed by atoms with Gasteiger partial charge >= 0.3 is 0 Å². The number of carbonyl (C=O) groups is 1. The number of fused-ring (bicyclic) bond motifs is 1. The predicted octanol–water partition coefficient (Wildman–Crippen LogP) is 3.75. The van der Waals surface area contributed by atoms with Crippen molar-refractivity contribution in [2.45, 2.75) is 44.7 Å². The molecule has 3 aromatic rings. The fourth-order valence-corrected chi connectivity index (χ4v) is 5.89. The fourth-order valence-electron chi connectivity index (χ4n) is 3.06. The summed E-state index contributed by atoms with van der Waals surface area (Å²) in [6.45, 7) is 7.42. The molecule has 7 nitrogen and oxygen atoms in total. The maximum absolute atomic E-state index is 13.1. The third-order valence-electron chi connectivity index (χ3n) is 4.10. The molecule has 0 spiro atoms. The summed E-state index contributed by atoms with van der Waals surface area (Å²) in [7, 11) is -3.63. The molecular weight excluding hydrogens is 396 g/mol. The first-order valence-corrected chi connectivity index (χ1v) is 11.1. The Hall–Kier alpha value is -2.36. The van der Waals surface area contributed by atoms with E-state index in [1.807, 2.05) is 27.7 Å². The van der Waals surface area contributed by atoms with Crippen molar-refractivity contribution >= 4 is 42.6 Å². The number of thiazole rings is 1. The van der Waals surface area contributed by atoms with Crippen LogP contribution in [-0.2, 0) is 10.0 Å². The normalized spacial score (nSPS) is 12.2. The van der Waals surface area contributed by atoms with Crippen LogP contribution in [0.5, 0.6) is 0 Å². The lowest BCUT2D eigenvalue weighted by atomic mass is 10.3. The fraction of sp³-hybridized carbons (Fsp3) is 0.316. The minimum Gasteiger partial charge on any atom is -0.298 e. The van der Waals surface area contributed by atoms with Gasteiger partial charge in [-0.05, 0) is 58.0 Å². The van der Waals surface area contributed by atoms with Crippen LogP contribution < -0.4 is 5.32 Å². The van der Waals surface area contributed by atoms with Crippen molar-refractivity contribution in [3.8, 4) is 0 Å². The van der Waals surface area contributed by atoms with Crippen LogP contribution >= 0.6 is 11.3 Å². The van der Waals surface area contributed by atoms with Crippen molar-refractivity contribution < 1.29 is 13.2 Å². The van der Waals surface area contributed by atoms with Gasteiger partial charge in [-0.1, -0.05) is 11.3 Å². The number of hydrogen-bond acceptors (Lipinski definition) is 6. The van der Waals surface area contributed by atoms with E-state index in [0.29, 0.717) is 20.9 Å². The maximum Gasteiger partial charge on any atom is 0.259 e. The highest BCUT2D eigenvalue weighted by molar-refractivity contribution is 7.89. The van der Waals surface area contributed by atoms with Gasteiger partial charge in [0.1, 0.15) is 0 Å². The van der Waals surface area contributed by atoms with Crippen molar-refractivity contribution in [3.63, 3.8) is 0 Å². The summed E-state index contributed by atoms with van der Waals surface area (Å²) in [4.78, 5) is 20.8. The van der Waals surface area contributed by atoms with Crippen molar-refractivity contribution in [2.24, 2.45) is 0 Å². The average molecular weight is 419 g/mol. The number of anilines is 1. The Morgan fingerprint density at radius 1 is 1.14 bits per heavy atom. The van der Waals surface area contributed by atoms with Crippen molar-refractivity contribution in [1.29, 1.82) is 0 Å². The molecule has 0 aliphatic carbocycles. The number of nitrogens with zero attached hydrogens (tertiary/aromatic N) is 3. The van der Waals surface area contributed by atoms with Crippen LogP contribution in [0.4, 0.5) is 5.13 Å². The van der Waals surface area contributed by atoms with Gasteiger partial charge in [0.05, 0.1) is 20.7 Å². The molecular formula is C19H22N4O3S2. The lowest BCUT2D eigenvalue weighted by Crippen LogP contribution is -2.41. The second-order valence-corrected chi connectivity index (χ2v) is 9.74. The highest BCUT2D eigenvalue weighted by Crippen LogP contribution is 2.30. The van der Waals surface area contributed by atoms with Gasteiger partial charge in [0.25, 0.3) is 5.91 Å². The van der Waals surface area contributed by atoms with E-state index in [-0.39, 0.29) is 22.9 Å². The first-order chi connectivity index (χ1) is 13.2. The molecule has 0 fully saturated rings. The second-order valence-electron chi connectivity index (χ2n) is 6.87. The standard InChI is InChI=1S/C19H22N4O3S2/c1-12(2)23(13(3)4)28(25,26)15-7-8-16-17(10-15)27-19(21-16)22-18(24)14-6-5-9-20-11-14/h5-13H,1-4H3,(H,21,22,24). The molecule has 28 heavy (non-hydrogen) atoms. The molecule has 0 saturated carbocycles. The van der Waals surface area contributed by atoms with Gasteiger partial charge in [0.15, 0.2) is 5.13 Å². The van der Waals surface area contributed by atoms with Crippen molar-refractivity contribution in [1.82, 2.24) is 14.3 Å². The van der Waals surface area contributed by atoms with Gasteiger partial charge in [0, 0.05) is 24.5 Å². The molecule has 1 aromatic carbocycles. The third-order valence-corrected chi connectivity index (χ3v) is 7.28. The molecule has 0 atom stereocenters. The quantitative estimate of drug-likeness (QED) is 0.658. The molecule has 1 N–H and O–H groups in total. The first-order valence-electron chi connectivity index (χ1n) is 8.85. The number of carbonyl (C=O) groups excluding carboxylic acids is 1. The number of benzene rings is 1. The van der Waals surface area contributed by atoms with Crippen LogP contribution in [0.2, 0.25) is 0 Å². The lowest BCUT2D eigenvalue weighted by molar-refractivity contribution is 0.102. The molecule has 0 radical (unpaired) electrons. The Bertz CT molecular complexity index is 1080. The largest absolute Gasteiger partial charge is 0.298 e. The molecule has 0 unspecified atom stereocenters. The molecule has 0 bridgehead atoms. The van der Waals surface area contributed by atoms with Gasteiger partial charge in [-0.2, -0.15) is 4.31 Å². The number of rotatable bonds is 6. The van der Waals surface area contributed by atoms with Crippen LogP contribution in [0, 0.1) is 0 Å². The first kappa shape index (κ1) is 20.4. The molecule has 148 valence electrons. The molecule has 9 heteroatoms. The Labute approximate surface area is 168 Å². The summed E-state index contributed by atoms with van der Waals surface area (Å²) in [6.07, 6.45) is 3.06. The zero-order chi connectivity index (χ0) is 20.5. The number of aromatic nitrogens is 2. The second kappa shape index (κ2) is 7.94. The number of amides is 1. The van der Waals surface area contributed by atoms with Crippen LogP contribution in [0.15, 0.2) is 47.6 Å². The van der Waals surface area contributed by atoms with Gasteiger partial charge in [-0.25, -0.2) is 13.4 Å². The van der Waals surface area contributed by atoms with Gasteiger partial charge in [0.2, 0.25) is 10.0 Å². The van der Waals surface area contributed by atoms with E-state index in [9.17, 15) is 13.2 Å². The SMILES string of the molecule is CC(C)N(C(C)C)S(=O)(=O)c1ccc2nc(NC(=O)c3cccnc3)sc2c1. The lowest BCUT2D eigenvalue weighted by Gasteiger charge is -2.29. The summed E-state index contributed by atoms with van der Waals surface area (Å²) in [5.41, 5.74) is 1.06. The molecule has 1 amide bonds. The molecule has 0 aliphatic rings. The Kier molecular flexibility index (Phi) is 5.78. The summed E-state index contributed by atoms with van der Waals surface area (Å²) >= 11 is 1.23. The van der Waals surface area contributed by atoms with E-state index in [4.69, 9.17) is 0 Å². The van der Waals surface area contributed by atoms with E-state index in [2.05, 4.69) is 15.3 Å². The minimum atomic E-state index is -3.63. The summed E-state index contributed by atoms with van der Waals surface area (Å²) in [6, 6.07) is 7.86. The zero-order valence-electron chi connectivity index (χ0n) is 16.1. The Morgan fingerprint density at radius 2 is 1.86 bits per heavy atom. The molecule has 0 aliphatic heterocycles. The van der Waals surface area contributed by atoms with E-state index < -0.39 is 10.0 Å². The van der Waals surface area contributed by atoms with E-state index in [1.54, 1.807) is 36.5 Å². The highest BCUT2D eigenvalue weighted by Gasteiger charge is 2.29. The molecule has 2 aromatic heterocycles. The van der Waals surface area contributed by atoms with Crippen molar-refractivity contribution in [2.75, 3.05) is 5.32 Å².